The van der Waals surface area contributed by atoms with Crippen LogP contribution >= 0.6 is 7.14 Å². The molecule has 0 amide bonds. The van der Waals surface area contributed by atoms with Crippen LogP contribution in [0, 0.1) is 20.8 Å². The summed E-state index contributed by atoms with van der Waals surface area (Å²) in [5.74, 6) is 0.599. The standard InChI is InChI=1S/C27H29O7P/c1-16-14-17(2)25(18(3)15-16)35(30,26(28)23-19(31-4)10-8-11-20(23)32-5)27(29)24-21(33-6)12-9-13-22(24)34-7/h8-15H,1-7H3. The van der Waals surface area contributed by atoms with Crippen LogP contribution in [0.15, 0.2) is 48.5 Å². The maximum atomic E-state index is 15.1. The number of hydrogen-bond acceptors (Lipinski definition) is 7. The highest BCUT2D eigenvalue weighted by molar-refractivity contribution is 8.01. The number of ether oxygens (including phenoxy) is 4. The van der Waals surface area contributed by atoms with E-state index >= 15 is 4.57 Å². The molecular formula is C27H29O7P. The van der Waals surface area contributed by atoms with Crippen molar-refractivity contribution < 1.29 is 33.1 Å². The summed E-state index contributed by atoms with van der Waals surface area (Å²) in [6, 6.07) is 13.1. The Morgan fingerprint density at radius 3 is 1.23 bits per heavy atom. The highest BCUT2D eigenvalue weighted by atomic mass is 31.2. The minimum atomic E-state index is -4.55. The quantitative estimate of drug-likeness (QED) is 0.371. The molecule has 0 aliphatic heterocycles. The third kappa shape index (κ3) is 4.44. The highest BCUT2D eigenvalue weighted by Crippen LogP contribution is 2.56. The van der Waals surface area contributed by atoms with Crippen molar-refractivity contribution in [2.24, 2.45) is 0 Å². The largest absolute Gasteiger partial charge is 0.496 e. The van der Waals surface area contributed by atoms with E-state index in [1.165, 1.54) is 28.4 Å². The maximum Gasteiger partial charge on any atom is 0.249 e. The van der Waals surface area contributed by atoms with Crippen molar-refractivity contribution in [3.63, 3.8) is 0 Å². The number of rotatable bonds is 9. The molecular weight excluding hydrogens is 467 g/mol. The lowest BCUT2D eigenvalue weighted by molar-refractivity contribution is 0.103. The Morgan fingerprint density at radius 2 is 0.943 bits per heavy atom. The minimum Gasteiger partial charge on any atom is -0.496 e. The van der Waals surface area contributed by atoms with Gasteiger partial charge in [-0.2, -0.15) is 0 Å². The Kier molecular flexibility index (Phi) is 7.71. The molecule has 7 nitrogen and oxygen atoms in total. The van der Waals surface area contributed by atoms with E-state index in [1.807, 2.05) is 6.92 Å². The summed E-state index contributed by atoms with van der Waals surface area (Å²) in [7, 11) is 1.02. The molecule has 184 valence electrons. The summed E-state index contributed by atoms with van der Waals surface area (Å²) >= 11 is 0. The molecule has 0 saturated heterocycles. The number of hydrogen-bond donors (Lipinski definition) is 0. The van der Waals surface area contributed by atoms with Gasteiger partial charge in [0.25, 0.3) is 0 Å². The molecule has 3 aromatic rings. The molecule has 35 heavy (non-hydrogen) atoms. The molecule has 0 atom stereocenters. The number of benzene rings is 3. The van der Waals surface area contributed by atoms with Gasteiger partial charge in [-0.05, 0) is 56.2 Å². The van der Waals surface area contributed by atoms with Gasteiger partial charge in [0.15, 0.2) is 0 Å². The fourth-order valence-corrected chi connectivity index (χ4v) is 7.19. The summed E-state index contributed by atoms with van der Waals surface area (Å²) in [5, 5.41) is 0.180. The predicted molar refractivity (Wildman–Crippen MR) is 136 cm³/mol. The van der Waals surface area contributed by atoms with Gasteiger partial charge in [0.1, 0.15) is 34.1 Å². The van der Waals surface area contributed by atoms with E-state index in [1.54, 1.807) is 62.4 Å². The Morgan fingerprint density at radius 1 is 0.629 bits per heavy atom. The van der Waals surface area contributed by atoms with Crippen molar-refractivity contribution in [3.05, 3.63) is 76.3 Å². The number of methoxy groups -OCH3 is 4. The lowest BCUT2D eigenvalue weighted by Gasteiger charge is -2.24. The van der Waals surface area contributed by atoms with Crippen LogP contribution in [0.3, 0.4) is 0 Å². The lowest BCUT2D eigenvalue weighted by atomic mass is 10.1. The summed E-state index contributed by atoms with van der Waals surface area (Å²) in [6.07, 6.45) is 0. The molecule has 0 fully saturated rings. The number of carbonyl (C=O) groups excluding carboxylic acids is 2. The molecule has 0 heterocycles. The van der Waals surface area contributed by atoms with Gasteiger partial charge < -0.3 is 23.5 Å². The lowest BCUT2D eigenvalue weighted by Crippen LogP contribution is -2.26. The van der Waals surface area contributed by atoms with E-state index in [0.717, 1.165) is 5.56 Å². The number of aryl methyl sites for hydroxylation is 3. The zero-order valence-electron chi connectivity index (χ0n) is 20.9. The average molecular weight is 496 g/mol. The molecule has 8 heteroatoms. The zero-order valence-corrected chi connectivity index (χ0v) is 21.8. The van der Waals surface area contributed by atoms with Gasteiger partial charge >= 0.3 is 0 Å². The van der Waals surface area contributed by atoms with Crippen molar-refractivity contribution in [2.45, 2.75) is 20.8 Å². The van der Waals surface area contributed by atoms with E-state index in [-0.39, 0.29) is 39.4 Å². The topological polar surface area (TPSA) is 88.1 Å². The summed E-state index contributed by atoms with van der Waals surface area (Å²) in [5.41, 5.74) is 0.134. The van der Waals surface area contributed by atoms with Gasteiger partial charge in [-0.25, -0.2) is 0 Å². The highest BCUT2D eigenvalue weighted by Gasteiger charge is 2.48. The molecule has 0 bridgehead atoms. The molecule has 0 unspecified atom stereocenters. The van der Waals surface area contributed by atoms with Crippen LogP contribution in [-0.4, -0.2) is 39.5 Å². The van der Waals surface area contributed by atoms with E-state index in [9.17, 15) is 9.59 Å². The predicted octanol–water partition coefficient (Wildman–Crippen LogP) is 5.32. The van der Waals surface area contributed by atoms with Crippen LogP contribution in [0.25, 0.3) is 0 Å². The first-order valence-corrected chi connectivity index (χ1v) is 12.6. The SMILES string of the molecule is COc1cccc(OC)c1C(=O)P(=O)(C(=O)c1c(OC)cccc1OC)c1c(C)cc(C)cc1C. The van der Waals surface area contributed by atoms with Gasteiger partial charge in [-0.15, -0.1) is 0 Å². The second-order valence-electron chi connectivity index (χ2n) is 8.04. The van der Waals surface area contributed by atoms with Crippen LogP contribution in [0.2, 0.25) is 0 Å². The van der Waals surface area contributed by atoms with Gasteiger partial charge in [-0.1, -0.05) is 29.8 Å². The van der Waals surface area contributed by atoms with Gasteiger partial charge in [0.05, 0.1) is 28.4 Å². The van der Waals surface area contributed by atoms with Crippen LogP contribution < -0.4 is 24.3 Å². The molecule has 0 aliphatic carbocycles. The van der Waals surface area contributed by atoms with Gasteiger partial charge in [0, 0.05) is 5.30 Å². The van der Waals surface area contributed by atoms with Crippen LogP contribution in [-0.2, 0) is 4.57 Å². The van der Waals surface area contributed by atoms with Crippen molar-refractivity contribution in [3.8, 4) is 23.0 Å². The molecule has 0 aliphatic rings. The maximum absolute atomic E-state index is 15.1. The number of carbonyl (C=O) groups is 2. The Labute approximate surface area is 205 Å². The molecule has 3 rings (SSSR count). The molecule has 0 saturated carbocycles. The Hall–Kier alpha value is -3.57. The van der Waals surface area contributed by atoms with E-state index in [2.05, 4.69) is 0 Å². The van der Waals surface area contributed by atoms with Crippen LogP contribution in [0.4, 0.5) is 0 Å². The second-order valence-corrected chi connectivity index (χ2v) is 10.5. The van der Waals surface area contributed by atoms with Crippen molar-refractivity contribution in [2.75, 3.05) is 28.4 Å². The molecule has 0 N–H and O–H groups in total. The average Bonchev–Trinajstić information content (AvgIpc) is 2.85. The Balaban J connectivity index is 2.46. The van der Waals surface area contributed by atoms with Crippen molar-refractivity contribution in [1.82, 2.24) is 0 Å². The van der Waals surface area contributed by atoms with Crippen LogP contribution in [0.5, 0.6) is 23.0 Å². The Bertz CT molecular complexity index is 1200. The summed E-state index contributed by atoms with van der Waals surface area (Å²) < 4.78 is 36.8. The molecule has 3 aromatic carbocycles. The van der Waals surface area contributed by atoms with E-state index < -0.39 is 18.2 Å². The molecule has 0 spiro atoms. The summed E-state index contributed by atoms with van der Waals surface area (Å²) in [4.78, 5) is 28.6. The third-order valence-electron chi connectivity index (χ3n) is 5.81. The van der Waals surface area contributed by atoms with Crippen LogP contribution in [0.1, 0.15) is 37.4 Å². The van der Waals surface area contributed by atoms with Gasteiger partial charge in [0.2, 0.25) is 18.2 Å². The van der Waals surface area contributed by atoms with Gasteiger partial charge in [-0.3, -0.25) is 9.59 Å². The first-order valence-electron chi connectivity index (χ1n) is 10.9. The fraction of sp³-hybridized carbons (Fsp3) is 0.259. The second kappa shape index (κ2) is 10.4. The normalized spacial score (nSPS) is 11.1. The monoisotopic (exact) mass is 496 g/mol. The molecule has 0 aromatic heterocycles. The fourth-order valence-electron chi connectivity index (χ4n) is 4.40. The first-order chi connectivity index (χ1) is 16.6. The third-order valence-corrected chi connectivity index (χ3v) is 8.73. The van der Waals surface area contributed by atoms with E-state index in [4.69, 9.17) is 18.9 Å². The van der Waals surface area contributed by atoms with E-state index in [0.29, 0.717) is 11.1 Å². The zero-order chi connectivity index (χ0) is 25.9. The summed E-state index contributed by atoms with van der Waals surface area (Å²) in [6.45, 7) is 5.37. The van der Waals surface area contributed by atoms with Crippen molar-refractivity contribution in [1.29, 1.82) is 0 Å². The molecule has 0 radical (unpaired) electrons. The first kappa shape index (κ1) is 26.0. The minimum absolute atomic E-state index is 0.0672. The van der Waals surface area contributed by atoms with Crippen molar-refractivity contribution >= 4 is 23.5 Å². The smallest absolute Gasteiger partial charge is 0.249 e.